The summed E-state index contributed by atoms with van der Waals surface area (Å²) in [5.41, 5.74) is 0.895. The SMILES string of the molecule is CC(Nc1ccc(F)nc1)C1CCCN(C)C1. The van der Waals surface area contributed by atoms with Crippen LogP contribution in [-0.4, -0.2) is 36.1 Å². The zero-order valence-electron chi connectivity index (χ0n) is 10.5. The number of aromatic nitrogens is 1. The zero-order chi connectivity index (χ0) is 12.3. The van der Waals surface area contributed by atoms with Gasteiger partial charge in [0, 0.05) is 12.6 Å². The molecule has 1 aliphatic rings. The smallest absolute Gasteiger partial charge is 0.212 e. The van der Waals surface area contributed by atoms with Gasteiger partial charge in [-0.05, 0) is 51.4 Å². The highest BCUT2D eigenvalue weighted by atomic mass is 19.1. The number of hydrogen-bond donors (Lipinski definition) is 1. The molecule has 0 amide bonds. The molecule has 4 heteroatoms. The van der Waals surface area contributed by atoms with Gasteiger partial charge in [0.25, 0.3) is 0 Å². The Labute approximate surface area is 102 Å². The average Bonchev–Trinajstić information content (AvgIpc) is 2.32. The summed E-state index contributed by atoms with van der Waals surface area (Å²) in [7, 11) is 2.17. The molecule has 1 fully saturated rings. The largest absolute Gasteiger partial charge is 0.381 e. The van der Waals surface area contributed by atoms with Crippen molar-refractivity contribution < 1.29 is 4.39 Å². The minimum absolute atomic E-state index is 0.394. The van der Waals surface area contributed by atoms with Crippen LogP contribution in [0.4, 0.5) is 10.1 Å². The molecule has 1 aliphatic heterocycles. The summed E-state index contributed by atoms with van der Waals surface area (Å²) < 4.78 is 12.7. The molecule has 0 radical (unpaired) electrons. The van der Waals surface area contributed by atoms with Crippen molar-refractivity contribution in [2.24, 2.45) is 5.92 Å². The normalized spacial score (nSPS) is 23.4. The van der Waals surface area contributed by atoms with Crippen LogP contribution in [0.2, 0.25) is 0 Å². The fraction of sp³-hybridized carbons (Fsp3) is 0.615. The predicted molar refractivity (Wildman–Crippen MR) is 67.5 cm³/mol. The van der Waals surface area contributed by atoms with Crippen LogP contribution < -0.4 is 5.32 Å². The Hall–Kier alpha value is -1.16. The third kappa shape index (κ3) is 3.40. The maximum absolute atomic E-state index is 12.7. The summed E-state index contributed by atoms with van der Waals surface area (Å²) in [5.74, 6) is 0.222. The van der Waals surface area contributed by atoms with Crippen molar-refractivity contribution in [2.45, 2.75) is 25.8 Å². The number of nitrogens with zero attached hydrogens (tertiary/aromatic N) is 2. The Morgan fingerprint density at radius 3 is 3.00 bits per heavy atom. The van der Waals surface area contributed by atoms with Crippen LogP contribution in [0.1, 0.15) is 19.8 Å². The van der Waals surface area contributed by atoms with E-state index in [9.17, 15) is 4.39 Å². The number of anilines is 1. The van der Waals surface area contributed by atoms with Crippen LogP contribution in [0, 0.1) is 11.9 Å². The van der Waals surface area contributed by atoms with Gasteiger partial charge in [0.2, 0.25) is 5.95 Å². The summed E-state index contributed by atoms with van der Waals surface area (Å²) in [6.07, 6.45) is 4.07. The number of rotatable bonds is 3. The van der Waals surface area contributed by atoms with Gasteiger partial charge in [0.05, 0.1) is 11.9 Å². The van der Waals surface area contributed by atoms with Crippen LogP contribution in [-0.2, 0) is 0 Å². The van der Waals surface area contributed by atoms with E-state index in [1.807, 2.05) is 0 Å². The summed E-state index contributed by atoms with van der Waals surface area (Å²) in [4.78, 5) is 6.02. The third-order valence-corrected chi connectivity index (χ3v) is 3.49. The lowest BCUT2D eigenvalue weighted by atomic mass is 9.92. The van der Waals surface area contributed by atoms with Gasteiger partial charge >= 0.3 is 0 Å². The van der Waals surface area contributed by atoms with Crippen LogP contribution in [0.15, 0.2) is 18.3 Å². The minimum atomic E-state index is -0.430. The van der Waals surface area contributed by atoms with Crippen molar-refractivity contribution >= 4 is 5.69 Å². The van der Waals surface area contributed by atoms with E-state index in [1.54, 1.807) is 12.3 Å². The van der Waals surface area contributed by atoms with E-state index < -0.39 is 5.95 Å². The number of piperidine rings is 1. The lowest BCUT2D eigenvalue weighted by molar-refractivity contribution is 0.197. The van der Waals surface area contributed by atoms with E-state index in [-0.39, 0.29) is 0 Å². The molecule has 94 valence electrons. The highest BCUT2D eigenvalue weighted by Gasteiger charge is 2.22. The van der Waals surface area contributed by atoms with E-state index in [0.717, 1.165) is 12.2 Å². The monoisotopic (exact) mass is 237 g/mol. The molecule has 0 aliphatic carbocycles. The van der Waals surface area contributed by atoms with Gasteiger partial charge in [-0.2, -0.15) is 4.39 Å². The Morgan fingerprint density at radius 2 is 2.35 bits per heavy atom. The summed E-state index contributed by atoms with van der Waals surface area (Å²) in [5, 5.41) is 3.40. The number of pyridine rings is 1. The van der Waals surface area contributed by atoms with Crippen molar-refractivity contribution in [1.29, 1.82) is 0 Å². The molecule has 0 saturated carbocycles. The molecule has 2 atom stereocenters. The van der Waals surface area contributed by atoms with Crippen molar-refractivity contribution in [3.63, 3.8) is 0 Å². The standard InChI is InChI=1S/C13H20FN3/c1-10(11-4-3-7-17(2)9-11)16-12-5-6-13(14)15-8-12/h5-6,8,10-11,16H,3-4,7,9H2,1-2H3. The topological polar surface area (TPSA) is 28.2 Å². The number of halogens is 1. The predicted octanol–water partition coefficient (Wildman–Crippen LogP) is 2.36. The second-order valence-electron chi connectivity index (χ2n) is 4.97. The van der Waals surface area contributed by atoms with E-state index in [0.29, 0.717) is 12.0 Å². The molecule has 0 bridgehead atoms. The minimum Gasteiger partial charge on any atom is -0.381 e. The Bertz CT molecular complexity index is 352. The first kappa shape index (κ1) is 12.3. The van der Waals surface area contributed by atoms with Gasteiger partial charge in [0.15, 0.2) is 0 Å². The molecular weight excluding hydrogens is 217 g/mol. The van der Waals surface area contributed by atoms with E-state index in [1.165, 1.54) is 25.5 Å². The van der Waals surface area contributed by atoms with Gasteiger partial charge in [-0.25, -0.2) is 4.98 Å². The molecule has 0 spiro atoms. The van der Waals surface area contributed by atoms with Gasteiger partial charge in [-0.15, -0.1) is 0 Å². The van der Waals surface area contributed by atoms with Crippen molar-refractivity contribution in [3.8, 4) is 0 Å². The number of hydrogen-bond acceptors (Lipinski definition) is 3. The van der Waals surface area contributed by atoms with Crippen LogP contribution in [0.25, 0.3) is 0 Å². The molecule has 1 aromatic rings. The quantitative estimate of drug-likeness (QED) is 0.818. The lowest BCUT2D eigenvalue weighted by Crippen LogP contribution is -2.39. The third-order valence-electron chi connectivity index (χ3n) is 3.49. The second-order valence-corrected chi connectivity index (χ2v) is 4.97. The Balaban J connectivity index is 1.91. The molecule has 3 nitrogen and oxygen atoms in total. The maximum Gasteiger partial charge on any atom is 0.212 e. The van der Waals surface area contributed by atoms with E-state index in [2.05, 4.69) is 29.2 Å². The molecule has 0 aromatic carbocycles. The fourth-order valence-electron chi connectivity index (χ4n) is 2.46. The first-order chi connectivity index (χ1) is 8.15. The summed E-state index contributed by atoms with van der Waals surface area (Å²) in [6.45, 7) is 4.51. The van der Waals surface area contributed by atoms with Gasteiger partial charge in [-0.1, -0.05) is 0 Å². The first-order valence-electron chi connectivity index (χ1n) is 6.22. The fourth-order valence-corrected chi connectivity index (χ4v) is 2.46. The molecular formula is C13H20FN3. The molecule has 17 heavy (non-hydrogen) atoms. The molecule has 1 aromatic heterocycles. The highest BCUT2D eigenvalue weighted by Crippen LogP contribution is 2.21. The molecule has 2 heterocycles. The van der Waals surface area contributed by atoms with E-state index in [4.69, 9.17) is 0 Å². The van der Waals surface area contributed by atoms with Crippen molar-refractivity contribution in [3.05, 3.63) is 24.3 Å². The first-order valence-corrected chi connectivity index (χ1v) is 6.22. The average molecular weight is 237 g/mol. The van der Waals surface area contributed by atoms with Crippen LogP contribution in [0.3, 0.4) is 0 Å². The molecule has 1 N–H and O–H groups in total. The van der Waals surface area contributed by atoms with Crippen molar-refractivity contribution in [1.82, 2.24) is 9.88 Å². The second kappa shape index (κ2) is 5.45. The van der Waals surface area contributed by atoms with Crippen molar-refractivity contribution in [2.75, 3.05) is 25.5 Å². The Morgan fingerprint density at radius 1 is 1.53 bits per heavy atom. The molecule has 2 unspecified atom stereocenters. The molecule has 2 rings (SSSR count). The molecule has 1 saturated heterocycles. The summed E-state index contributed by atoms with van der Waals surface area (Å²) in [6, 6.07) is 3.53. The van der Waals surface area contributed by atoms with Gasteiger partial charge in [0.1, 0.15) is 0 Å². The maximum atomic E-state index is 12.7. The van der Waals surface area contributed by atoms with E-state index >= 15 is 0 Å². The zero-order valence-corrected chi connectivity index (χ0v) is 10.5. The van der Waals surface area contributed by atoms with Crippen LogP contribution >= 0.6 is 0 Å². The van der Waals surface area contributed by atoms with Gasteiger partial charge < -0.3 is 10.2 Å². The Kier molecular flexibility index (Phi) is 3.94. The highest BCUT2D eigenvalue weighted by molar-refractivity contribution is 5.40. The number of likely N-dealkylation sites (tertiary alicyclic amines) is 1. The lowest BCUT2D eigenvalue weighted by Gasteiger charge is -2.34. The van der Waals surface area contributed by atoms with Crippen LogP contribution in [0.5, 0.6) is 0 Å². The summed E-state index contributed by atoms with van der Waals surface area (Å²) >= 11 is 0. The number of nitrogens with one attached hydrogen (secondary N) is 1. The van der Waals surface area contributed by atoms with Gasteiger partial charge in [-0.3, -0.25) is 0 Å².